The van der Waals surface area contributed by atoms with Gasteiger partial charge in [-0.2, -0.15) is 0 Å². The second kappa shape index (κ2) is 6.57. The molecule has 0 bridgehead atoms. The van der Waals surface area contributed by atoms with Gasteiger partial charge in [0.25, 0.3) is 0 Å². The fraction of sp³-hybridized carbons (Fsp3) is 0.211. The smallest absolute Gasteiger partial charge is 0.108 e. The normalized spacial score (nSPS) is 17.6. The summed E-state index contributed by atoms with van der Waals surface area (Å²) in [6.07, 6.45) is 5.02. The Labute approximate surface area is 146 Å². The Bertz CT molecular complexity index is 841. The van der Waals surface area contributed by atoms with Gasteiger partial charge in [-0.15, -0.1) is 0 Å². The molecule has 0 fully saturated rings. The van der Waals surface area contributed by atoms with Crippen LogP contribution in [0.4, 0.5) is 0 Å². The van der Waals surface area contributed by atoms with E-state index in [1.54, 1.807) is 6.20 Å². The zero-order valence-electron chi connectivity index (χ0n) is 13.7. The van der Waals surface area contributed by atoms with Crippen LogP contribution in [-0.2, 0) is 0 Å². The molecule has 2 heterocycles. The summed E-state index contributed by atoms with van der Waals surface area (Å²) in [7, 11) is 1.87. The van der Waals surface area contributed by atoms with E-state index in [9.17, 15) is 0 Å². The zero-order valence-corrected chi connectivity index (χ0v) is 14.4. The lowest BCUT2D eigenvalue weighted by Crippen LogP contribution is -2.37. The van der Waals surface area contributed by atoms with Gasteiger partial charge in [-0.25, -0.2) is 0 Å². The summed E-state index contributed by atoms with van der Waals surface area (Å²) < 4.78 is 0. The number of aromatic nitrogens is 1. The minimum atomic E-state index is -0.296. The summed E-state index contributed by atoms with van der Waals surface area (Å²) in [5, 5.41) is 16.2. The van der Waals surface area contributed by atoms with E-state index in [1.165, 1.54) is 6.21 Å². The van der Waals surface area contributed by atoms with Crippen molar-refractivity contribution in [3.8, 4) is 11.1 Å². The Morgan fingerprint density at radius 1 is 1.29 bits per heavy atom. The van der Waals surface area contributed by atoms with Crippen LogP contribution in [0, 0.1) is 23.7 Å². The average Bonchev–Trinajstić information content (AvgIpc) is 2.57. The minimum Gasteiger partial charge on any atom is -0.358 e. The number of hydrogen-bond donors (Lipinski definition) is 2. The summed E-state index contributed by atoms with van der Waals surface area (Å²) in [6.45, 7) is 2.60. The molecule has 1 atom stereocenters. The van der Waals surface area contributed by atoms with E-state index in [-0.39, 0.29) is 5.92 Å². The Hall–Kier alpha value is -2.46. The van der Waals surface area contributed by atoms with Crippen molar-refractivity contribution >= 4 is 29.2 Å². The van der Waals surface area contributed by atoms with Crippen LogP contribution < -0.4 is 0 Å². The largest absolute Gasteiger partial charge is 0.358 e. The third-order valence-corrected chi connectivity index (χ3v) is 4.64. The molecular formula is C19H19ClN4. The van der Waals surface area contributed by atoms with Crippen LogP contribution >= 0.6 is 11.6 Å². The molecule has 2 N–H and O–H groups in total. The summed E-state index contributed by atoms with van der Waals surface area (Å²) in [4.78, 5) is 6.17. The Morgan fingerprint density at radius 2 is 2.08 bits per heavy atom. The molecule has 0 radical (unpaired) electrons. The maximum atomic E-state index is 8.02. The highest BCUT2D eigenvalue weighted by molar-refractivity contribution is 6.32. The number of likely N-dealkylation sites (N-methyl/N-ethyl adjacent to an activating group) is 1. The first-order chi connectivity index (χ1) is 11.5. The first-order valence-corrected chi connectivity index (χ1v) is 8.12. The maximum Gasteiger partial charge on any atom is 0.108 e. The SMILES string of the molecule is Cc1ncccc1-c1ccc(C2=CC(C=N)C(=N)N(C)C2)c(Cl)c1. The van der Waals surface area contributed by atoms with Crippen LogP contribution in [-0.4, -0.2) is 35.5 Å². The molecule has 0 aliphatic carbocycles. The molecule has 24 heavy (non-hydrogen) atoms. The standard InChI is InChI=1S/C19H19ClN4/c1-12-16(4-3-7-23-12)13-5-6-17(18(20)9-13)15-8-14(10-21)19(22)24(2)11-15/h3-10,14,21-22H,11H2,1-2H3. The number of nitrogens with one attached hydrogen (secondary N) is 2. The van der Waals surface area contributed by atoms with E-state index in [0.717, 1.165) is 28.0 Å². The maximum absolute atomic E-state index is 8.02. The molecule has 0 saturated carbocycles. The van der Waals surface area contributed by atoms with Crippen LogP contribution in [0.15, 0.2) is 42.6 Å². The third kappa shape index (κ3) is 2.97. The third-order valence-electron chi connectivity index (χ3n) is 4.33. The van der Waals surface area contributed by atoms with E-state index < -0.39 is 0 Å². The molecule has 1 aliphatic rings. The predicted octanol–water partition coefficient (Wildman–Crippen LogP) is 4.28. The molecule has 2 aromatic rings. The van der Waals surface area contributed by atoms with Gasteiger partial charge in [0, 0.05) is 42.3 Å². The highest BCUT2D eigenvalue weighted by atomic mass is 35.5. The zero-order chi connectivity index (χ0) is 17.3. The van der Waals surface area contributed by atoms with Crippen molar-refractivity contribution < 1.29 is 0 Å². The minimum absolute atomic E-state index is 0.296. The van der Waals surface area contributed by atoms with Crippen molar-refractivity contribution in [2.75, 3.05) is 13.6 Å². The van der Waals surface area contributed by atoms with Gasteiger partial charge < -0.3 is 10.3 Å². The molecular weight excluding hydrogens is 320 g/mol. The van der Waals surface area contributed by atoms with Crippen molar-refractivity contribution in [2.24, 2.45) is 5.92 Å². The van der Waals surface area contributed by atoms with E-state index in [4.69, 9.17) is 22.4 Å². The Kier molecular flexibility index (Phi) is 4.49. The van der Waals surface area contributed by atoms with E-state index in [0.29, 0.717) is 17.4 Å². The van der Waals surface area contributed by atoms with Crippen LogP contribution in [0.3, 0.4) is 0 Å². The fourth-order valence-electron chi connectivity index (χ4n) is 2.98. The van der Waals surface area contributed by atoms with E-state index in [1.807, 2.05) is 55.3 Å². The Balaban J connectivity index is 2.01. The summed E-state index contributed by atoms with van der Waals surface area (Å²) in [5.41, 5.74) is 5.07. The van der Waals surface area contributed by atoms with E-state index >= 15 is 0 Å². The van der Waals surface area contributed by atoms with Gasteiger partial charge in [-0.05, 0) is 35.8 Å². The van der Waals surface area contributed by atoms with Crippen LogP contribution in [0.1, 0.15) is 11.3 Å². The van der Waals surface area contributed by atoms with Gasteiger partial charge in [0.1, 0.15) is 5.84 Å². The van der Waals surface area contributed by atoms with Crippen molar-refractivity contribution in [2.45, 2.75) is 6.92 Å². The first-order valence-electron chi connectivity index (χ1n) is 7.74. The summed E-state index contributed by atoms with van der Waals surface area (Å²) >= 11 is 6.55. The van der Waals surface area contributed by atoms with Gasteiger partial charge in [-0.3, -0.25) is 10.4 Å². The number of aryl methyl sites for hydroxylation is 1. The molecule has 1 unspecified atom stereocenters. The molecule has 1 aliphatic heterocycles. The van der Waals surface area contributed by atoms with Crippen molar-refractivity contribution in [3.05, 3.63) is 58.9 Å². The Morgan fingerprint density at radius 3 is 2.75 bits per heavy atom. The molecule has 1 aromatic carbocycles. The second-order valence-electron chi connectivity index (χ2n) is 5.96. The molecule has 0 saturated heterocycles. The number of benzene rings is 1. The topological polar surface area (TPSA) is 63.8 Å². The lowest BCUT2D eigenvalue weighted by molar-refractivity contribution is 0.538. The first kappa shape index (κ1) is 16.4. The average molecular weight is 339 g/mol. The molecule has 5 heteroatoms. The molecule has 3 rings (SSSR count). The number of rotatable bonds is 3. The molecule has 0 amide bonds. The summed E-state index contributed by atoms with van der Waals surface area (Å²) in [6, 6.07) is 9.98. The quantitative estimate of drug-likeness (QED) is 0.820. The molecule has 4 nitrogen and oxygen atoms in total. The van der Waals surface area contributed by atoms with Crippen LogP contribution in [0.2, 0.25) is 5.02 Å². The van der Waals surface area contributed by atoms with Gasteiger partial charge in [0.2, 0.25) is 0 Å². The number of pyridine rings is 1. The van der Waals surface area contributed by atoms with Gasteiger partial charge in [-0.1, -0.05) is 35.9 Å². The molecule has 0 spiro atoms. The molecule has 1 aromatic heterocycles. The van der Waals surface area contributed by atoms with Crippen molar-refractivity contribution in [1.82, 2.24) is 9.88 Å². The van der Waals surface area contributed by atoms with Crippen molar-refractivity contribution in [1.29, 1.82) is 10.8 Å². The number of hydrogen-bond acceptors (Lipinski definition) is 3. The molecule has 122 valence electrons. The lowest BCUT2D eigenvalue weighted by Gasteiger charge is -2.30. The lowest BCUT2D eigenvalue weighted by atomic mass is 9.93. The van der Waals surface area contributed by atoms with Crippen LogP contribution in [0.5, 0.6) is 0 Å². The highest BCUT2D eigenvalue weighted by Crippen LogP contribution is 2.33. The fourth-order valence-corrected chi connectivity index (χ4v) is 3.28. The highest BCUT2D eigenvalue weighted by Gasteiger charge is 2.23. The monoisotopic (exact) mass is 338 g/mol. The van der Waals surface area contributed by atoms with Gasteiger partial charge in [0.05, 0.1) is 5.92 Å². The number of amidine groups is 1. The van der Waals surface area contributed by atoms with Gasteiger partial charge in [0.15, 0.2) is 0 Å². The number of halogens is 1. The van der Waals surface area contributed by atoms with Gasteiger partial charge >= 0.3 is 0 Å². The number of nitrogens with zero attached hydrogens (tertiary/aromatic N) is 2. The second-order valence-corrected chi connectivity index (χ2v) is 6.36. The van der Waals surface area contributed by atoms with E-state index in [2.05, 4.69) is 4.98 Å². The summed E-state index contributed by atoms with van der Waals surface area (Å²) in [5.74, 6) is 0.141. The van der Waals surface area contributed by atoms with Crippen molar-refractivity contribution in [3.63, 3.8) is 0 Å². The predicted molar refractivity (Wildman–Crippen MR) is 100 cm³/mol. The van der Waals surface area contributed by atoms with Crippen LogP contribution in [0.25, 0.3) is 16.7 Å².